The molecule has 0 spiro atoms. The summed E-state index contributed by atoms with van der Waals surface area (Å²) in [6.07, 6.45) is -5.96. The molecule has 23 heavy (non-hydrogen) atoms. The van der Waals surface area contributed by atoms with Crippen LogP contribution in [0.4, 0.5) is 27.6 Å². The van der Waals surface area contributed by atoms with E-state index >= 15 is 0 Å². The third-order valence-corrected chi connectivity index (χ3v) is 2.83. The second-order valence-electron chi connectivity index (χ2n) is 4.12. The van der Waals surface area contributed by atoms with Gasteiger partial charge in [-0.1, -0.05) is 0 Å². The van der Waals surface area contributed by atoms with Crippen LogP contribution in [-0.4, -0.2) is 31.2 Å². The Morgan fingerprint density at radius 1 is 1.13 bits per heavy atom. The van der Waals surface area contributed by atoms with Gasteiger partial charge in [0.2, 0.25) is 0 Å². The van der Waals surface area contributed by atoms with Crippen molar-refractivity contribution >= 4 is 18.1 Å². The third kappa shape index (κ3) is 3.91. The van der Waals surface area contributed by atoms with Gasteiger partial charge in [0.15, 0.2) is 11.5 Å². The Labute approximate surface area is 132 Å². The van der Waals surface area contributed by atoms with Crippen LogP contribution in [0.2, 0.25) is 0 Å². The minimum atomic E-state index is -5.96. The lowest BCUT2D eigenvalue weighted by Gasteiger charge is -2.26. The Kier molecular flexibility index (Phi) is 6.55. The molecular formula is C11H12ClF5N2O4. The van der Waals surface area contributed by atoms with E-state index in [0.717, 1.165) is 14.2 Å². The van der Waals surface area contributed by atoms with Crippen LogP contribution >= 0.6 is 12.4 Å². The van der Waals surface area contributed by atoms with Crippen molar-refractivity contribution in [3.05, 3.63) is 27.8 Å². The summed E-state index contributed by atoms with van der Waals surface area (Å²) >= 11 is 0. The van der Waals surface area contributed by atoms with Crippen LogP contribution in [-0.2, 0) is 0 Å². The van der Waals surface area contributed by atoms with Crippen LogP contribution in [0.25, 0.3) is 0 Å². The van der Waals surface area contributed by atoms with E-state index in [1.165, 1.54) is 0 Å². The van der Waals surface area contributed by atoms with Gasteiger partial charge in [0, 0.05) is 0 Å². The molecule has 0 bridgehead atoms. The van der Waals surface area contributed by atoms with Crippen LogP contribution in [0.3, 0.4) is 0 Å². The van der Waals surface area contributed by atoms with Crippen molar-refractivity contribution in [1.82, 2.24) is 0 Å². The summed E-state index contributed by atoms with van der Waals surface area (Å²) in [5, 5.41) is 10.9. The monoisotopic (exact) mass is 366 g/mol. The Balaban J connectivity index is 0.00000484. The molecule has 0 saturated carbocycles. The topological polar surface area (TPSA) is 87.6 Å². The molecule has 0 heterocycles. The van der Waals surface area contributed by atoms with Crippen LogP contribution in [0, 0.1) is 10.1 Å². The minimum absolute atomic E-state index is 0. The van der Waals surface area contributed by atoms with E-state index in [9.17, 15) is 32.1 Å². The fourth-order valence-electron chi connectivity index (χ4n) is 1.66. The van der Waals surface area contributed by atoms with Crippen LogP contribution in [0.5, 0.6) is 11.5 Å². The van der Waals surface area contributed by atoms with Crippen LogP contribution in [0.1, 0.15) is 11.6 Å². The second-order valence-corrected chi connectivity index (χ2v) is 4.12. The van der Waals surface area contributed by atoms with E-state index in [1.807, 2.05) is 0 Å². The number of hydrogen-bond donors (Lipinski definition) is 1. The lowest BCUT2D eigenvalue weighted by atomic mass is 9.98. The quantitative estimate of drug-likeness (QED) is 0.491. The van der Waals surface area contributed by atoms with Crippen molar-refractivity contribution in [3.8, 4) is 11.5 Å². The lowest BCUT2D eigenvalue weighted by molar-refractivity contribution is -0.386. The molecule has 0 amide bonds. The first-order chi connectivity index (χ1) is 9.97. The van der Waals surface area contributed by atoms with Crippen molar-refractivity contribution in [3.63, 3.8) is 0 Å². The lowest BCUT2D eigenvalue weighted by Crippen LogP contribution is -2.46. The first-order valence-electron chi connectivity index (χ1n) is 5.57. The standard InChI is InChI=1S/C11H11F5N2O4.ClH/c1-21-7-3-5(6(18(19)20)4-8(7)22-2)9(17)10(12,13)11(14,15)16;/h3-4,9H,17H2,1-2H3;1H/t9-;/m0./s1. The second kappa shape index (κ2) is 7.13. The van der Waals surface area contributed by atoms with E-state index in [4.69, 9.17) is 15.2 Å². The van der Waals surface area contributed by atoms with Crippen molar-refractivity contribution in [1.29, 1.82) is 0 Å². The zero-order chi connectivity index (χ0) is 17.3. The zero-order valence-electron chi connectivity index (χ0n) is 11.7. The molecule has 0 unspecified atom stereocenters. The first-order valence-corrected chi connectivity index (χ1v) is 5.57. The molecule has 0 fully saturated rings. The maximum Gasteiger partial charge on any atom is 0.455 e. The normalized spacial score (nSPS) is 13.0. The average Bonchev–Trinajstić information content (AvgIpc) is 2.43. The Hall–Kier alpha value is -1.88. The molecule has 132 valence electrons. The number of ether oxygens (including phenoxy) is 2. The first kappa shape index (κ1) is 21.1. The van der Waals surface area contributed by atoms with E-state index < -0.39 is 34.3 Å². The zero-order valence-corrected chi connectivity index (χ0v) is 12.5. The van der Waals surface area contributed by atoms with Crippen LogP contribution < -0.4 is 15.2 Å². The smallest absolute Gasteiger partial charge is 0.455 e. The highest BCUT2D eigenvalue weighted by molar-refractivity contribution is 5.85. The number of benzene rings is 1. The predicted molar refractivity (Wildman–Crippen MR) is 71.4 cm³/mol. The minimum Gasteiger partial charge on any atom is -0.493 e. The molecule has 0 saturated heterocycles. The number of hydrogen-bond acceptors (Lipinski definition) is 5. The number of nitro benzene ring substituents is 1. The van der Waals surface area contributed by atoms with Crippen molar-refractivity contribution < 1.29 is 36.3 Å². The third-order valence-electron chi connectivity index (χ3n) is 2.83. The number of nitrogens with two attached hydrogens (primary N) is 1. The van der Waals surface area contributed by atoms with E-state index in [0.29, 0.717) is 12.1 Å². The van der Waals surface area contributed by atoms with Gasteiger partial charge in [0.25, 0.3) is 5.69 Å². The molecule has 12 heteroatoms. The van der Waals surface area contributed by atoms with Crippen LogP contribution in [0.15, 0.2) is 12.1 Å². The number of nitrogens with zero attached hydrogens (tertiary/aromatic N) is 1. The number of methoxy groups -OCH3 is 2. The van der Waals surface area contributed by atoms with E-state index in [-0.39, 0.29) is 23.9 Å². The summed E-state index contributed by atoms with van der Waals surface area (Å²) in [5.41, 5.74) is 2.89. The molecule has 1 atom stereocenters. The SMILES string of the molecule is COc1cc([C@H](N)C(F)(F)C(F)(F)F)c([N+](=O)[O-])cc1OC.Cl. The summed E-state index contributed by atoms with van der Waals surface area (Å²) in [4.78, 5) is 9.76. The molecule has 1 aromatic rings. The molecule has 2 N–H and O–H groups in total. The van der Waals surface area contributed by atoms with Gasteiger partial charge in [0.05, 0.1) is 30.8 Å². The van der Waals surface area contributed by atoms with Gasteiger partial charge in [-0.05, 0) is 6.07 Å². The maximum absolute atomic E-state index is 13.3. The van der Waals surface area contributed by atoms with Gasteiger partial charge in [-0.3, -0.25) is 10.1 Å². The van der Waals surface area contributed by atoms with Gasteiger partial charge in [0.1, 0.15) is 6.04 Å². The molecule has 0 aromatic heterocycles. The van der Waals surface area contributed by atoms with Crippen molar-refractivity contribution in [2.24, 2.45) is 5.73 Å². The van der Waals surface area contributed by atoms with Gasteiger partial charge >= 0.3 is 12.1 Å². The molecule has 0 aliphatic rings. The number of rotatable bonds is 5. The summed E-state index contributed by atoms with van der Waals surface area (Å²) in [6.45, 7) is 0. The van der Waals surface area contributed by atoms with Gasteiger partial charge in [-0.25, -0.2) is 0 Å². The Morgan fingerprint density at radius 3 is 1.91 bits per heavy atom. The number of halogens is 6. The van der Waals surface area contributed by atoms with Gasteiger partial charge < -0.3 is 15.2 Å². The fraction of sp³-hybridized carbons (Fsp3) is 0.455. The van der Waals surface area contributed by atoms with E-state index in [2.05, 4.69) is 0 Å². The molecule has 0 aliphatic heterocycles. The highest BCUT2D eigenvalue weighted by Crippen LogP contribution is 2.47. The molecule has 1 rings (SSSR count). The summed E-state index contributed by atoms with van der Waals surface area (Å²) in [5.74, 6) is -5.84. The number of nitro groups is 1. The summed E-state index contributed by atoms with van der Waals surface area (Å²) in [6, 6.07) is -1.69. The molecular weight excluding hydrogens is 355 g/mol. The summed E-state index contributed by atoms with van der Waals surface area (Å²) in [7, 11) is 2.20. The highest BCUT2D eigenvalue weighted by Gasteiger charge is 2.62. The highest BCUT2D eigenvalue weighted by atomic mass is 35.5. The number of alkyl halides is 5. The fourth-order valence-corrected chi connectivity index (χ4v) is 1.66. The maximum atomic E-state index is 13.3. The Bertz CT molecular complexity index is 582. The molecule has 0 radical (unpaired) electrons. The Morgan fingerprint density at radius 2 is 1.57 bits per heavy atom. The predicted octanol–water partition coefficient (Wildman–Crippen LogP) is 3.23. The van der Waals surface area contributed by atoms with E-state index in [1.54, 1.807) is 0 Å². The largest absolute Gasteiger partial charge is 0.493 e. The van der Waals surface area contributed by atoms with Crippen molar-refractivity contribution in [2.75, 3.05) is 14.2 Å². The average molecular weight is 367 g/mol. The van der Waals surface area contributed by atoms with Gasteiger partial charge in [-0.2, -0.15) is 22.0 Å². The molecule has 1 aromatic carbocycles. The molecule has 0 aliphatic carbocycles. The summed E-state index contributed by atoms with van der Waals surface area (Å²) < 4.78 is 73.2. The van der Waals surface area contributed by atoms with Gasteiger partial charge in [-0.15, -0.1) is 12.4 Å². The molecule has 6 nitrogen and oxygen atoms in total. The van der Waals surface area contributed by atoms with Crippen molar-refractivity contribution in [2.45, 2.75) is 18.1 Å².